The minimum absolute atomic E-state index is 0.273. The molecule has 1 aliphatic carbocycles. The summed E-state index contributed by atoms with van der Waals surface area (Å²) in [5.74, 6) is -0.880. The Morgan fingerprint density at radius 3 is 2.63 bits per heavy atom. The Kier molecular flexibility index (Phi) is 5.25. The van der Waals surface area contributed by atoms with Gasteiger partial charge < -0.3 is 5.11 Å². The molecule has 1 aliphatic rings. The molecule has 1 unspecified atom stereocenters. The molecule has 1 fully saturated rings. The molecule has 2 N–H and O–H groups in total. The number of carbonyl (C=O) groups is 1. The Morgan fingerprint density at radius 1 is 1.37 bits per heavy atom. The van der Waals surface area contributed by atoms with E-state index in [9.17, 15) is 9.90 Å². The van der Waals surface area contributed by atoms with Gasteiger partial charge in [-0.1, -0.05) is 52.9 Å². The lowest BCUT2D eigenvalue weighted by atomic mass is 9.94. The number of halogens is 2. The molecule has 5 heteroatoms. The van der Waals surface area contributed by atoms with Gasteiger partial charge in [-0.3, -0.25) is 10.1 Å². The van der Waals surface area contributed by atoms with E-state index in [2.05, 4.69) is 21.2 Å². The van der Waals surface area contributed by atoms with E-state index in [-0.39, 0.29) is 6.04 Å². The Bertz CT molecular complexity index is 461. The molecule has 1 aromatic rings. The first-order valence-electron chi connectivity index (χ1n) is 6.51. The first-order chi connectivity index (χ1) is 9.08. The number of benzene rings is 1. The molecule has 0 saturated heterocycles. The second kappa shape index (κ2) is 6.73. The third-order valence-corrected chi connectivity index (χ3v) is 4.35. The second-order valence-electron chi connectivity index (χ2n) is 4.94. The van der Waals surface area contributed by atoms with Gasteiger partial charge in [0, 0.05) is 15.5 Å². The lowest BCUT2D eigenvalue weighted by Gasteiger charge is -2.27. The van der Waals surface area contributed by atoms with Crippen LogP contribution in [-0.4, -0.2) is 17.1 Å². The molecule has 0 radical (unpaired) electrons. The molecule has 104 valence electrons. The maximum absolute atomic E-state index is 11.5. The predicted molar refractivity (Wildman–Crippen MR) is 79.5 cm³/mol. The van der Waals surface area contributed by atoms with Gasteiger partial charge in [-0.2, -0.15) is 0 Å². The van der Waals surface area contributed by atoms with Crippen molar-refractivity contribution in [2.75, 3.05) is 0 Å². The number of nitrogens with one attached hydrogen (secondary N) is 1. The third kappa shape index (κ3) is 3.94. The first kappa shape index (κ1) is 14.8. The third-order valence-electron chi connectivity index (χ3n) is 3.53. The van der Waals surface area contributed by atoms with Crippen molar-refractivity contribution in [2.24, 2.45) is 0 Å². The van der Waals surface area contributed by atoms with Crippen molar-refractivity contribution in [3.8, 4) is 0 Å². The highest BCUT2D eigenvalue weighted by Crippen LogP contribution is 2.28. The maximum Gasteiger partial charge on any atom is 0.325 e. The minimum Gasteiger partial charge on any atom is -0.480 e. The van der Waals surface area contributed by atoms with E-state index in [1.807, 2.05) is 6.07 Å². The van der Waals surface area contributed by atoms with Gasteiger partial charge in [0.2, 0.25) is 0 Å². The molecule has 0 bridgehead atoms. The van der Waals surface area contributed by atoms with Crippen LogP contribution in [0.5, 0.6) is 0 Å². The average molecular weight is 347 g/mol. The summed E-state index contributed by atoms with van der Waals surface area (Å²) in [5.41, 5.74) is 0.628. The number of rotatable bonds is 4. The highest BCUT2D eigenvalue weighted by molar-refractivity contribution is 9.10. The summed E-state index contributed by atoms with van der Waals surface area (Å²) < 4.78 is 0.850. The van der Waals surface area contributed by atoms with Crippen LogP contribution in [0.1, 0.15) is 43.7 Å². The Balaban J connectivity index is 2.17. The maximum atomic E-state index is 11.5. The van der Waals surface area contributed by atoms with Crippen molar-refractivity contribution < 1.29 is 9.90 Å². The number of aliphatic carboxylic acids is 1. The number of hydrogen-bond acceptors (Lipinski definition) is 2. The summed E-state index contributed by atoms with van der Waals surface area (Å²) in [6, 6.07) is 4.86. The van der Waals surface area contributed by atoms with Gasteiger partial charge in [-0.25, -0.2) is 0 Å². The molecule has 1 atom stereocenters. The number of hydrogen-bond donors (Lipinski definition) is 2. The van der Waals surface area contributed by atoms with Gasteiger partial charge in [-0.15, -0.1) is 0 Å². The number of carboxylic acid groups (broad SMARTS) is 1. The Labute approximate surface area is 126 Å². The molecule has 1 aromatic carbocycles. The fourth-order valence-corrected chi connectivity index (χ4v) is 3.32. The number of carboxylic acids is 1. The molecule has 0 spiro atoms. The van der Waals surface area contributed by atoms with Gasteiger partial charge in [0.05, 0.1) is 0 Å². The van der Waals surface area contributed by atoms with E-state index in [0.29, 0.717) is 10.6 Å². The molecular weight excluding hydrogens is 330 g/mol. The lowest BCUT2D eigenvalue weighted by Crippen LogP contribution is -2.38. The summed E-state index contributed by atoms with van der Waals surface area (Å²) in [6.07, 6.45) is 5.65. The van der Waals surface area contributed by atoms with Crippen LogP contribution in [0.15, 0.2) is 22.7 Å². The van der Waals surface area contributed by atoms with Crippen LogP contribution >= 0.6 is 27.5 Å². The summed E-state index contributed by atoms with van der Waals surface area (Å²) >= 11 is 9.48. The lowest BCUT2D eigenvalue weighted by molar-refractivity contribution is -0.140. The zero-order valence-corrected chi connectivity index (χ0v) is 12.9. The van der Waals surface area contributed by atoms with Crippen LogP contribution in [0.2, 0.25) is 5.02 Å². The molecule has 2 rings (SSSR count). The van der Waals surface area contributed by atoms with E-state index >= 15 is 0 Å². The van der Waals surface area contributed by atoms with Crippen LogP contribution in [0.4, 0.5) is 0 Å². The summed E-state index contributed by atoms with van der Waals surface area (Å²) in [5, 5.41) is 13.1. The first-order valence-corrected chi connectivity index (χ1v) is 7.69. The van der Waals surface area contributed by atoms with Gasteiger partial charge in [0.1, 0.15) is 6.04 Å². The van der Waals surface area contributed by atoms with Crippen molar-refractivity contribution in [3.05, 3.63) is 33.3 Å². The van der Waals surface area contributed by atoms with Crippen molar-refractivity contribution in [1.82, 2.24) is 5.32 Å². The normalized spacial score (nSPS) is 18.2. The zero-order chi connectivity index (χ0) is 13.8. The Morgan fingerprint density at radius 2 is 2.05 bits per heavy atom. The molecule has 3 nitrogen and oxygen atoms in total. The second-order valence-corrected chi connectivity index (χ2v) is 6.26. The largest absolute Gasteiger partial charge is 0.480 e. The van der Waals surface area contributed by atoms with Crippen LogP contribution in [0.3, 0.4) is 0 Å². The fraction of sp³-hybridized carbons (Fsp3) is 0.500. The van der Waals surface area contributed by atoms with Crippen LogP contribution in [0, 0.1) is 0 Å². The highest BCUT2D eigenvalue weighted by Gasteiger charge is 2.26. The molecule has 0 amide bonds. The van der Waals surface area contributed by atoms with Crippen molar-refractivity contribution >= 4 is 33.5 Å². The van der Waals surface area contributed by atoms with Crippen LogP contribution in [-0.2, 0) is 4.79 Å². The molecule has 1 saturated carbocycles. The monoisotopic (exact) mass is 345 g/mol. The molecule has 19 heavy (non-hydrogen) atoms. The quantitative estimate of drug-likeness (QED) is 0.861. The standard InChI is InChI=1S/C14H17BrClNO2/c15-9-6-7-11(12(16)8-9)13(14(18)19)17-10-4-2-1-3-5-10/h6-8,10,13,17H,1-5H2,(H,18,19). The van der Waals surface area contributed by atoms with Gasteiger partial charge >= 0.3 is 5.97 Å². The summed E-state index contributed by atoms with van der Waals surface area (Å²) in [6.45, 7) is 0. The van der Waals surface area contributed by atoms with Crippen molar-refractivity contribution in [3.63, 3.8) is 0 Å². The SMILES string of the molecule is O=C(O)C(NC1CCCCC1)c1ccc(Br)cc1Cl. The molecule has 0 aliphatic heterocycles. The van der Waals surface area contributed by atoms with E-state index in [0.717, 1.165) is 30.2 Å². The fourth-order valence-electron chi connectivity index (χ4n) is 2.53. The van der Waals surface area contributed by atoms with Crippen molar-refractivity contribution in [2.45, 2.75) is 44.2 Å². The highest BCUT2D eigenvalue weighted by atomic mass is 79.9. The van der Waals surface area contributed by atoms with E-state index < -0.39 is 12.0 Å². The average Bonchev–Trinajstić information content (AvgIpc) is 2.38. The van der Waals surface area contributed by atoms with E-state index in [1.165, 1.54) is 6.42 Å². The van der Waals surface area contributed by atoms with Crippen molar-refractivity contribution in [1.29, 1.82) is 0 Å². The van der Waals surface area contributed by atoms with Crippen LogP contribution in [0.25, 0.3) is 0 Å². The molecule has 0 aromatic heterocycles. The Hall–Kier alpha value is -0.580. The predicted octanol–water partition coefficient (Wildman–Crippen LogP) is 4.15. The van der Waals surface area contributed by atoms with Gasteiger partial charge in [-0.05, 0) is 30.5 Å². The van der Waals surface area contributed by atoms with Crippen LogP contribution < -0.4 is 5.32 Å². The molecule has 0 heterocycles. The van der Waals surface area contributed by atoms with E-state index in [4.69, 9.17) is 11.6 Å². The molecular formula is C14H17BrClNO2. The van der Waals surface area contributed by atoms with Gasteiger partial charge in [0.25, 0.3) is 0 Å². The zero-order valence-electron chi connectivity index (χ0n) is 10.5. The van der Waals surface area contributed by atoms with E-state index in [1.54, 1.807) is 12.1 Å². The summed E-state index contributed by atoms with van der Waals surface area (Å²) in [4.78, 5) is 11.5. The minimum atomic E-state index is -0.880. The smallest absolute Gasteiger partial charge is 0.325 e. The topological polar surface area (TPSA) is 49.3 Å². The summed E-state index contributed by atoms with van der Waals surface area (Å²) in [7, 11) is 0. The van der Waals surface area contributed by atoms with Gasteiger partial charge in [0.15, 0.2) is 0 Å².